The first kappa shape index (κ1) is 18.6. The minimum absolute atomic E-state index is 0.00258. The standard InChI is InChI=1S/C17H15N9O2S/c18-17-22-14-13(16(28)23-17)19-7-12(21-14)15(27)20-6-10-8-26(25-24-10)9-29-11-4-2-1-3-5-11/h1-5,7-8H,6,9H2,(H,20,27)(H3,18,21,22,23,28). The Morgan fingerprint density at radius 3 is 2.90 bits per heavy atom. The summed E-state index contributed by atoms with van der Waals surface area (Å²) in [5.74, 6) is 0.0237. The number of carbonyl (C=O) groups excluding carboxylic acids is 1. The number of amides is 1. The molecule has 0 spiro atoms. The maximum atomic E-state index is 12.3. The molecule has 0 aliphatic heterocycles. The number of fused-ring (bicyclic) bond motifs is 1. The quantitative estimate of drug-likeness (QED) is 0.387. The maximum absolute atomic E-state index is 12.3. The Hall–Kier alpha value is -3.80. The van der Waals surface area contributed by atoms with Gasteiger partial charge in [0.2, 0.25) is 5.95 Å². The molecule has 4 aromatic rings. The van der Waals surface area contributed by atoms with E-state index in [4.69, 9.17) is 5.73 Å². The molecule has 0 unspecified atom stereocenters. The molecule has 29 heavy (non-hydrogen) atoms. The van der Waals surface area contributed by atoms with Gasteiger partial charge in [0.05, 0.1) is 24.8 Å². The van der Waals surface area contributed by atoms with Crippen molar-refractivity contribution in [3.8, 4) is 0 Å². The van der Waals surface area contributed by atoms with Crippen LogP contribution in [0, 0.1) is 0 Å². The van der Waals surface area contributed by atoms with Gasteiger partial charge in [0.1, 0.15) is 11.4 Å². The fraction of sp³-hybridized carbons (Fsp3) is 0.118. The van der Waals surface area contributed by atoms with Crippen molar-refractivity contribution in [2.24, 2.45) is 0 Å². The summed E-state index contributed by atoms with van der Waals surface area (Å²) in [5.41, 5.74) is 5.60. The Balaban J connectivity index is 1.38. The minimum Gasteiger partial charge on any atom is -0.369 e. The first-order chi connectivity index (χ1) is 14.1. The first-order valence-electron chi connectivity index (χ1n) is 8.46. The van der Waals surface area contributed by atoms with Gasteiger partial charge in [0.15, 0.2) is 11.2 Å². The van der Waals surface area contributed by atoms with Crippen LogP contribution in [-0.2, 0) is 12.4 Å². The van der Waals surface area contributed by atoms with E-state index in [1.807, 2.05) is 30.3 Å². The lowest BCUT2D eigenvalue weighted by Gasteiger charge is -2.03. The molecule has 4 rings (SSSR count). The molecule has 0 fully saturated rings. The Kier molecular flexibility index (Phi) is 5.16. The number of rotatable bonds is 6. The van der Waals surface area contributed by atoms with Crippen LogP contribution in [0.2, 0.25) is 0 Å². The number of aromatic nitrogens is 7. The Labute approximate surface area is 167 Å². The van der Waals surface area contributed by atoms with Crippen LogP contribution in [0.25, 0.3) is 11.2 Å². The predicted molar refractivity (Wildman–Crippen MR) is 106 cm³/mol. The second-order valence-electron chi connectivity index (χ2n) is 5.90. The second-order valence-corrected chi connectivity index (χ2v) is 6.92. The molecular weight excluding hydrogens is 394 g/mol. The number of carbonyl (C=O) groups is 1. The Bertz CT molecular complexity index is 1220. The summed E-state index contributed by atoms with van der Waals surface area (Å²) >= 11 is 1.62. The van der Waals surface area contributed by atoms with Crippen molar-refractivity contribution in [3.05, 3.63) is 64.5 Å². The van der Waals surface area contributed by atoms with Crippen LogP contribution in [0.5, 0.6) is 0 Å². The lowest BCUT2D eigenvalue weighted by molar-refractivity contribution is 0.0945. The highest BCUT2D eigenvalue weighted by atomic mass is 32.2. The molecule has 146 valence electrons. The first-order valence-corrected chi connectivity index (χ1v) is 9.44. The fourth-order valence-corrected chi connectivity index (χ4v) is 3.20. The highest BCUT2D eigenvalue weighted by Gasteiger charge is 2.13. The van der Waals surface area contributed by atoms with Crippen LogP contribution >= 0.6 is 11.8 Å². The van der Waals surface area contributed by atoms with E-state index < -0.39 is 11.5 Å². The number of nitrogens with one attached hydrogen (secondary N) is 2. The number of benzene rings is 1. The molecule has 1 aromatic carbocycles. The normalized spacial score (nSPS) is 10.9. The van der Waals surface area contributed by atoms with Crippen LogP contribution in [0.3, 0.4) is 0 Å². The summed E-state index contributed by atoms with van der Waals surface area (Å²) in [7, 11) is 0. The summed E-state index contributed by atoms with van der Waals surface area (Å²) in [5, 5.41) is 10.8. The summed E-state index contributed by atoms with van der Waals surface area (Å²) < 4.78 is 1.69. The van der Waals surface area contributed by atoms with Crippen LogP contribution in [0.4, 0.5) is 5.95 Å². The molecule has 3 heterocycles. The number of anilines is 1. The van der Waals surface area contributed by atoms with Crippen molar-refractivity contribution in [1.82, 2.24) is 40.2 Å². The van der Waals surface area contributed by atoms with Gasteiger partial charge in [-0.15, -0.1) is 16.9 Å². The molecule has 0 aliphatic carbocycles. The van der Waals surface area contributed by atoms with Gasteiger partial charge in [-0.3, -0.25) is 14.6 Å². The largest absolute Gasteiger partial charge is 0.369 e. The van der Waals surface area contributed by atoms with Gasteiger partial charge >= 0.3 is 0 Å². The zero-order valence-electron chi connectivity index (χ0n) is 14.9. The number of nitrogens with two attached hydrogens (primary N) is 1. The van der Waals surface area contributed by atoms with Crippen LogP contribution in [-0.4, -0.2) is 40.8 Å². The lowest BCUT2D eigenvalue weighted by Crippen LogP contribution is -2.25. The number of nitrogen functional groups attached to an aromatic ring is 1. The van der Waals surface area contributed by atoms with Gasteiger partial charge in [-0.1, -0.05) is 23.4 Å². The van der Waals surface area contributed by atoms with Gasteiger partial charge in [-0.05, 0) is 12.1 Å². The van der Waals surface area contributed by atoms with Crippen molar-refractivity contribution in [1.29, 1.82) is 0 Å². The lowest BCUT2D eigenvalue weighted by atomic mass is 10.3. The molecule has 3 aromatic heterocycles. The topological polar surface area (TPSA) is 157 Å². The van der Waals surface area contributed by atoms with E-state index in [0.717, 1.165) is 4.90 Å². The second kappa shape index (κ2) is 8.06. The molecule has 0 saturated heterocycles. The number of H-pyrrole nitrogens is 1. The van der Waals surface area contributed by atoms with Gasteiger partial charge < -0.3 is 11.1 Å². The van der Waals surface area contributed by atoms with E-state index in [1.165, 1.54) is 6.20 Å². The van der Waals surface area contributed by atoms with E-state index >= 15 is 0 Å². The maximum Gasteiger partial charge on any atom is 0.280 e. The predicted octanol–water partition coefficient (Wildman–Crippen LogP) is 0.567. The van der Waals surface area contributed by atoms with Gasteiger partial charge in [0, 0.05) is 4.90 Å². The minimum atomic E-state index is -0.517. The van der Waals surface area contributed by atoms with E-state index in [9.17, 15) is 9.59 Å². The van der Waals surface area contributed by atoms with E-state index in [1.54, 1.807) is 22.6 Å². The molecule has 0 atom stereocenters. The number of nitrogens with zero attached hydrogens (tertiary/aromatic N) is 6. The van der Waals surface area contributed by atoms with Gasteiger partial charge in [-0.25, -0.2) is 14.6 Å². The average molecular weight is 409 g/mol. The third-order valence-electron chi connectivity index (χ3n) is 3.79. The number of aromatic amines is 1. The molecular formula is C17H15N9O2S. The van der Waals surface area contributed by atoms with Crippen molar-refractivity contribution < 1.29 is 4.79 Å². The summed E-state index contributed by atoms with van der Waals surface area (Å²) in [6.07, 6.45) is 2.96. The zero-order valence-corrected chi connectivity index (χ0v) is 15.8. The molecule has 0 saturated carbocycles. The smallest absolute Gasteiger partial charge is 0.280 e. The van der Waals surface area contributed by atoms with Crippen LogP contribution in [0.15, 0.2) is 52.4 Å². The van der Waals surface area contributed by atoms with Crippen LogP contribution < -0.4 is 16.6 Å². The number of thioether (sulfide) groups is 1. The summed E-state index contributed by atoms with van der Waals surface area (Å²) in [6.45, 7) is 0.166. The summed E-state index contributed by atoms with van der Waals surface area (Å²) in [4.78, 5) is 39.4. The Morgan fingerprint density at radius 1 is 1.24 bits per heavy atom. The van der Waals surface area contributed by atoms with E-state index in [0.29, 0.717) is 11.6 Å². The molecule has 0 aliphatic rings. The third-order valence-corrected chi connectivity index (χ3v) is 4.79. The monoisotopic (exact) mass is 409 g/mol. The van der Waals surface area contributed by atoms with E-state index in [-0.39, 0.29) is 29.4 Å². The molecule has 0 bridgehead atoms. The fourth-order valence-electron chi connectivity index (χ4n) is 2.45. The van der Waals surface area contributed by atoms with Crippen molar-refractivity contribution in [3.63, 3.8) is 0 Å². The van der Waals surface area contributed by atoms with Crippen molar-refractivity contribution in [2.45, 2.75) is 17.3 Å². The molecule has 12 heteroatoms. The molecule has 11 nitrogen and oxygen atoms in total. The highest BCUT2D eigenvalue weighted by Crippen LogP contribution is 2.18. The molecule has 1 amide bonds. The summed E-state index contributed by atoms with van der Waals surface area (Å²) in [6, 6.07) is 9.94. The molecule has 4 N–H and O–H groups in total. The van der Waals surface area contributed by atoms with Gasteiger partial charge in [0.25, 0.3) is 11.5 Å². The highest BCUT2D eigenvalue weighted by molar-refractivity contribution is 7.98. The third kappa shape index (κ3) is 4.38. The number of hydrogen-bond donors (Lipinski definition) is 3. The SMILES string of the molecule is Nc1nc2nc(C(=O)NCc3cn(CSc4ccccc4)nn3)cnc2c(=O)[nH]1. The van der Waals surface area contributed by atoms with E-state index in [2.05, 4.69) is 35.6 Å². The van der Waals surface area contributed by atoms with Crippen molar-refractivity contribution in [2.75, 3.05) is 5.73 Å². The zero-order chi connectivity index (χ0) is 20.2. The average Bonchev–Trinajstić information content (AvgIpc) is 3.18. The molecule has 0 radical (unpaired) electrons. The van der Waals surface area contributed by atoms with Crippen LogP contribution in [0.1, 0.15) is 16.2 Å². The van der Waals surface area contributed by atoms with Gasteiger partial charge in [-0.2, -0.15) is 4.98 Å². The Morgan fingerprint density at radius 2 is 2.07 bits per heavy atom. The van der Waals surface area contributed by atoms with Crippen molar-refractivity contribution >= 4 is 34.8 Å². The number of hydrogen-bond acceptors (Lipinski definition) is 9.